The molecule has 0 amide bonds. The van der Waals surface area contributed by atoms with Gasteiger partial charge in [0.2, 0.25) is 0 Å². The largest absolute Gasteiger partial charge is 0.506 e. The molecule has 47 heavy (non-hydrogen) atoms. The molecule has 0 aliphatic rings. The number of nitrogens with zero attached hydrogens (tertiary/aromatic N) is 3. The molecule has 3 heterocycles. The molecule has 232 valence electrons. The van der Waals surface area contributed by atoms with Crippen molar-refractivity contribution in [2.45, 2.75) is 52.4 Å². The number of hydrogen-bond donors (Lipinski definition) is 2. The van der Waals surface area contributed by atoms with E-state index in [-0.39, 0.29) is 16.6 Å². The van der Waals surface area contributed by atoms with E-state index < -0.39 is 0 Å². The predicted octanol–water partition coefficient (Wildman–Crippen LogP) is 10.8. The second-order valence-corrected chi connectivity index (χ2v) is 14.7. The molecule has 3 aromatic heterocycles. The highest BCUT2D eigenvalue weighted by Crippen LogP contribution is 2.42. The molecular formula is C42H38N4O. The average Bonchev–Trinajstić information content (AvgIpc) is 3.62. The smallest absolute Gasteiger partial charge is 0.147 e. The molecular weight excluding hydrogens is 576 g/mol. The number of para-hydroxylation sites is 3. The molecule has 5 aromatic carbocycles. The van der Waals surface area contributed by atoms with Gasteiger partial charge in [0.15, 0.2) is 0 Å². The number of aromatic nitrogens is 4. The number of phenols is 1. The fourth-order valence-corrected chi connectivity index (χ4v) is 6.68. The normalized spacial score (nSPS) is 12.6. The number of H-pyrrole nitrogens is 1. The Morgan fingerprint density at radius 1 is 0.617 bits per heavy atom. The number of pyridine rings is 1. The Kier molecular flexibility index (Phi) is 6.36. The summed E-state index contributed by atoms with van der Waals surface area (Å²) >= 11 is 0. The summed E-state index contributed by atoms with van der Waals surface area (Å²) in [6.45, 7) is 13.6. The van der Waals surface area contributed by atoms with Gasteiger partial charge < -0.3 is 10.1 Å². The van der Waals surface area contributed by atoms with Crippen molar-refractivity contribution < 1.29 is 5.11 Å². The van der Waals surface area contributed by atoms with Crippen LogP contribution in [0.15, 0.2) is 109 Å². The van der Waals surface area contributed by atoms with Gasteiger partial charge in [0.1, 0.15) is 17.1 Å². The first kappa shape index (κ1) is 29.0. The van der Waals surface area contributed by atoms with Gasteiger partial charge in [-0.05, 0) is 76.6 Å². The Hall–Kier alpha value is -5.42. The maximum Gasteiger partial charge on any atom is 0.147 e. The molecule has 8 rings (SSSR count). The summed E-state index contributed by atoms with van der Waals surface area (Å²) in [6.07, 6.45) is 0. The number of aromatic hydroxyl groups is 1. The van der Waals surface area contributed by atoms with E-state index in [1.807, 2.05) is 30.3 Å². The third-order valence-electron chi connectivity index (χ3n) is 9.36. The third kappa shape index (κ3) is 4.77. The van der Waals surface area contributed by atoms with E-state index in [2.05, 4.69) is 124 Å². The molecule has 0 saturated carbocycles. The molecule has 5 nitrogen and oxygen atoms in total. The van der Waals surface area contributed by atoms with Crippen LogP contribution >= 0.6 is 0 Å². The summed E-state index contributed by atoms with van der Waals surface area (Å²) in [5, 5.41) is 14.0. The van der Waals surface area contributed by atoms with Gasteiger partial charge in [-0.15, -0.1) is 0 Å². The Morgan fingerprint density at radius 3 is 2.13 bits per heavy atom. The highest BCUT2D eigenvalue weighted by atomic mass is 16.3. The topological polar surface area (TPSA) is 66.7 Å². The first-order valence-electron chi connectivity index (χ1n) is 16.2. The number of benzene rings is 5. The highest BCUT2D eigenvalue weighted by molar-refractivity contribution is 6.12. The van der Waals surface area contributed by atoms with Crippen molar-refractivity contribution >= 4 is 43.7 Å². The van der Waals surface area contributed by atoms with Crippen LogP contribution in [0.1, 0.15) is 52.7 Å². The minimum atomic E-state index is -0.0834. The molecule has 5 heteroatoms. The fourth-order valence-electron chi connectivity index (χ4n) is 6.68. The van der Waals surface area contributed by atoms with E-state index in [1.54, 1.807) is 6.07 Å². The highest BCUT2D eigenvalue weighted by Gasteiger charge is 2.25. The Labute approximate surface area is 274 Å². The van der Waals surface area contributed by atoms with Crippen LogP contribution in [-0.2, 0) is 10.8 Å². The van der Waals surface area contributed by atoms with Gasteiger partial charge >= 0.3 is 0 Å². The lowest BCUT2D eigenvalue weighted by molar-refractivity contribution is 0.480. The van der Waals surface area contributed by atoms with Crippen molar-refractivity contribution in [3.05, 3.63) is 120 Å². The molecule has 0 aliphatic heterocycles. The summed E-state index contributed by atoms with van der Waals surface area (Å²) in [4.78, 5) is 14.2. The first-order valence-corrected chi connectivity index (χ1v) is 16.2. The molecule has 0 saturated heterocycles. The van der Waals surface area contributed by atoms with Gasteiger partial charge in [0.25, 0.3) is 0 Å². The summed E-state index contributed by atoms with van der Waals surface area (Å²) in [7, 11) is 0. The molecule has 0 aliphatic carbocycles. The Bertz CT molecular complexity index is 2490. The third-order valence-corrected chi connectivity index (χ3v) is 9.36. The van der Waals surface area contributed by atoms with Crippen molar-refractivity contribution in [3.8, 4) is 34.1 Å². The number of aromatic amines is 1. The summed E-state index contributed by atoms with van der Waals surface area (Å²) < 4.78 is 2.27. The van der Waals surface area contributed by atoms with Crippen molar-refractivity contribution in [3.63, 3.8) is 0 Å². The van der Waals surface area contributed by atoms with Gasteiger partial charge in [0.05, 0.1) is 22.2 Å². The van der Waals surface area contributed by atoms with Gasteiger partial charge in [-0.25, -0.2) is 9.97 Å². The number of fused-ring (bicyclic) bond motifs is 5. The van der Waals surface area contributed by atoms with E-state index in [4.69, 9.17) is 9.97 Å². The lowest BCUT2D eigenvalue weighted by Crippen LogP contribution is -2.11. The van der Waals surface area contributed by atoms with Crippen LogP contribution in [0.4, 0.5) is 0 Å². The minimum Gasteiger partial charge on any atom is -0.506 e. The molecule has 0 unspecified atom stereocenters. The molecule has 0 radical (unpaired) electrons. The van der Waals surface area contributed by atoms with Crippen LogP contribution in [-0.4, -0.2) is 24.6 Å². The Morgan fingerprint density at radius 2 is 1.36 bits per heavy atom. The van der Waals surface area contributed by atoms with E-state index >= 15 is 0 Å². The maximum absolute atomic E-state index is 10.6. The molecule has 0 atom stereocenters. The fraction of sp³-hybridized carbons (Fsp3) is 0.190. The SMILES string of the molecule is CC(C)(C)c1ccc2[nH]c3c(-c4nc5c(-c6ccc7cccc(O)c7n6)cccc5n4-c4ccccc4)cc(C(C)(C)C)cc3c2c1. The summed E-state index contributed by atoms with van der Waals surface area (Å²) in [5.74, 6) is 1.03. The zero-order valence-corrected chi connectivity index (χ0v) is 27.7. The number of nitrogens with one attached hydrogen (secondary N) is 1. The lowest BCUT2D eigenvalue weighted by atomic mass is 9.84. The first-order chi connectivity index (χ1) is 22.5. The molecule has 2 N–H and O–H groups in total. The quantitative estimate of drug-likeness (QED) is 0.208. The van der Waals surface area contributed by atoms with Crippen LogP contribution in [0.3, 0.4) is 0 Å². The van der Waals surface area contributed by atoms with Gasteiger partial charge in [-0.1, -0.05) is 96.1 Å². The van der Waals surface area contributed by atoms with Gasteiger partial charge in [0, 0.05) is 38.5 Å². The Balaban J connectivity index is 1.47. The predicted molar refractivity (Wildman–Crippen MR) is 196 cm³/mol. The van der Waals surface area contributed by atoms with Gasteiger partial charge in [-0.2, -0.15) is 0 Å². The second-order valence-electron chi connectivity index (χ2n) is 14.7. The van der Waals surface area contributed by atoms with Crippen LogP contribution in [0, 0.1) is 0 Å². The lowest BCUT2D eigenvalue weighted by Gasteiger charge is -2.21. The summed E-state index contributed by atoms with van der Waals surface area (Å²) in [5.41, 5.74) is 10.9. The molecule has 0 bridgehead atoms. The van der Waals surface area contributed by atoms with Crippen molar-refractivity contribution in [1.82, 2.24) is 19.5 Å². The zero-order chi connectivity index (χ0) is 32.7. The van der Waals surface area contributed by atoms with Crippen LogP contribution in [0.25, 0.3) is 72.1 Å². The maximum atomic E-state index is 10.6. The number of phenolic OH excluding ortho intramolecular Hbond substituents is 1. The van der Waals surface area contributed by atoms with Gasteiger partial charge in [-0.3, -0.25) is 4.57 Å². The van der Waals surface area contributed by atoms with Crippen LogP contribution < -0.4 is 0 Å². The number of rotatable bonds is 3. The molecule has 0 fully saturated rings. The van der Waals surface area contributed by atoms with Crippen LogP contribution in [0.5, 0.6) is 5.75 Å². The molecule has 8 aromatic rings. The second kappa shape index (κ2) is 10.3. The van der Waals surface area contributed by atoms with Crippen molar-refractivity contribution in [2.24, 2.45) is 0 Å². The van der Waals surface area contributed by atoms with E-state index in [0.717, 1.165) is 55.8 Å². The number of imidazole rings is 1. The monoisotopic (exact) mass is 614 g/mol. The van der Waals surface area contributed by atoms with E-state index in [0.29, 0.717) is 5.52 Å². The van der Waals surface area contributed by atoms with E-state index in [1.165, 1.54) is 21.9 Å². The zero-order valence-electron chi connectivity index (χ0n) is 27.7. The standard InChI is InChI=1S/C42H38N4O/c1-41(2,3)26-19-21-34-30(22-26)31-23-27(42(4,5)6)24-32(38(31)44-34)40-45-39-29(33-20-18-25-12-10-17-36(47)37(25)43-33)15-11-16-35(39)46(40)28-13-8-7-9-14-28/h7-24,44,47H,1-6H3. The summed E-state index contributed by atoms with van der Waals surface area (Å²) in [6, 6.07) is 37.7. The van der Waals surface area contributed by atoms with Crippen molar-refractivity contribution in [1.29, 1.82) is 0 Å². The number of hydrogen-bond acceptors (Lipinski definition) is 3. The van der Waals surface area contributed by atoms with Crippen molar-refractivity contribution in [2.75, 3.05) is 0 Å². The molecule has 0 spiro atoms. The van der Waals surface area contributed by atoms with E-state index in [9.17, 15) is 5.11 Å². The van der Waals surface area contributed by atoms with Crippen LogP contribution in [0.2, 0.25) is 0 Å². The average molecular weight is 615 g/mol. The minimum absolute atomic E-state index is 0.0352.